The van der Waals surface area contributed by atoms with Crippen molar-refractivity contribution in [2.45, 2.75) is 6.54 Å². The van der Waals surface area contributed by atoms with Gasteiger partial charge in [0.2, 0.25) is 0 Å². The van der Waals surface area contributed by atoms with Gasteiger partial charge in [0.05, 0.1) is 18.4 Å². The first-order chi connectivity index (χ1) is 10.3. The Kier molecular flexibility index (Phi) is 3.55. The minimum absolute atomic E-state index is 0.169. The lowest BCUT2D eigenvalue weighted by Crippen LogP contribution is -2.23. The van der Waals surface area contributed by atoms with E-state index in [1.807, 2.05) is 37.4 Å². The van der Waals surface area contributed by atoms with Gasteiger partial charge in [-0.2, -0.15) is 0 Å². The zero-order chi connectivity index (χ0) is 14.7. The first-order valence-electron chi connectivity index (χ1n) is 6.65. The number of hydrogen-bond donors (Lipinski definition) is 2. The minimum Gasteiger partial charge on any atom is -0.467 e. The molecule has 0 bridgehead atoms. The maximum absolute atomic E-state index is 12.3. The molecule has 106 valence electrons. The second-order valence-corrected chi connectivity index (χ2v) is 4.58. The molecular weight excluding hydrogens is 266 g/mol. The van der Waals surface area contributed by atoms with Crippen LogP contribution in [0.25, 0.3) is 10.8 Å². The molecule has 0 fully saturated rings. The number of anilines is 1. The molecule has 1 aromatic carbocycles. The lowest BCUT2D eigenvalue weighted by molar-refractivity contribution is 0.0949. The van der Waals surface area contributed by atoms with Gasteiger partial charge in [0.1, 0.15) is 11.6 Å². The fourth-order valence-corrected chi connectivity index (χ4v) is 2.25. The minimum atomic E-state index is -0.169. The molecule has 3 rings (SSSR count). The molecular formula is C16H15N3O2. The van der Waals surface area contributed by atoms with Crippen molar-refractivity contribution >= 4 is 22.5 Å². The molecule has 5 nitrogen and oxygen atoms in total. The van der Waals surface area contributed by atoms with Gasteiger partial charge in [0, 0.05) is 18.6 Å². The first kappa shape index (κ1) is 13.2. The number of benzene rings is 1. The Morgan fingerprint density at radius 2 is 2.00 bits per heavy atom. The van der Waals surface area contributed by atoms with Crippen LogP contribution >= 0.6 is 0 Å². The number of pyridine rings is 1. The number of fused-ring (bicyclic) bond motifs is 1. The first-order valence-corrected chi connectivity index (χ1v) is 6.65. The number of amides is 1. The van der Waals surface area contributed by atoms with Gasteiger partial charge in [-0.25, -0.2) is 4.98 Å². The van der Waals surface area contributed by atoms with E-state index in [1.54, 1.807) is 18.5 Å². The van der Waals surface area contributed by atoms with Crippen LogP contribution in [0, 0.1) is 0 Å². The van der Waals surface area contributed by atoms with Crippen molar-refractivity contribution in [1.82, 2.24) is 10.3 Å². The van der Waals surface area contributed by atoms with Crippen molar-refractivity contribution in [3.8, 4) is 0 Å². The molecule has 2 heterocycles. The van der Waals surface area contributed by atoms with Crippen LogP contribution in [0.2, 0.25) is 0 Å². The fraction of sp³-hybridized carbons (Fsp3) is 0.125. The lowest BCUT2D eigenvalue weighted by Gasteiger charge is -2.10. The predicted octanol–water partition coefficient (Wildman–Crippen LogP) is 2.80. The van der Waals surface area contributed by atoms with Gasteiger partial charge >= 0.3 is 0 Å². The third kappa shape index (κ3) is 2.58. The summed E-state index contributed by atoms with van der Waals surface area (Å²) >= 11 is 0. The molecule has 0 aliphatic carbocycles. The predicted molar refractivity (Wildman–Crippen MR) is 81.2 cm³/mol. The Labute approximate surface area is 122 Å². The summed E-state index contributed by atoms with van der Waals surface area (Å²) in [7, 11) is 1.81. The van der Waals surface area contributed by atoms with Gasteiger partial charge in [0.15, 0.2) is 0 Å². The summed E-state index contributed by atoms with van der Waals surface area (Å²) in [5.74, 6) is 1.30. The molecule has 3 aromatic rings. The number of furan rings is 1. The Hall–Kier alpha value is -2.82. The van der Waals surface area contributed by atoms with Gasteiger partial charge < -0.3 is 15.1 Å². The summed E-state index contributed by atoms with van der Waals surface area (Å²) in [4.78, 5) is 16.6. The summed E-state index contributed by atoms with van der Waals surface area (Å²) in [6.45, 7) is 0.355. The number of carbonyl (C=O) groups excluding carboxylic acids is 1. The molecule has 0 unspecified atom stereocenters. The number of rotatable bonds is 4. The number of nitrogens with one attached hydrogen (secondary N) is 2. The van der Waals surface area contributed by atoms with E-state index in [2.05, 4.69) is 15.6 Å². The smallest absolute Gasteiger partial charge is 0.253 e. The van der Waals surface area contributed by atoms with E-state index in [9.17, 15) is 4.79 Å². The molecule has 0 saturated carbocycles. The molecule has 0 saturated heterocycles. The highest BCUT2D eigenvalue weighted by molar-refractivity contribution is 6.09. The molecule has 1 amide bonds. The topological polar surface area (TPSA) is 67.2 Å². The maximum atomic E-state index is 12.3. The van der Waals surface area contributed by atoms with Crippen LogP contribution < -0.4 is 10.6 Å². The quantitative estimate of drug-likeness (QED) is 0.771. The van der Waals surface area contributed by atoms with Crippen LogP contribution in [0.15, 0.2) is 53.3 Å². The summed E-state index contributed by atoms with van der Waals surface area (Å²) in [5, 5.41) is 7.66. The van der Waals surface area contributed by atoms with Crippen molar-refractivity contribution < 1.29 is 9.21 Å². The Morgan fingerprint density at radius 3 is 2.71 bits per heavy atom. The van der Waals surface area contributed by atoms with E-state index in [4.69, 9.17) is 4.42 Å². The van der Waals surface area contributed by atoms with E-state index in [1.165, 1.54) is 0 Å². The van der Waals surface area contributed by atoms with E-state index in [0.29, 0.717) is 17.9 Å². The normalized spacial score (nSPS) is 10.5. The van der Waals surface area contributed by atoms with Crippen LogP contribution in [-0.4, -0.2) is 17.9 Å². The van der Waals surface area contributed by atoms with Gasteiger partial charge in [-0.05, 0) is 17.5 Å². The zero-order valence-corrected chi connectivity index (χ0v) is 11.6. The Bertz CT molecular complexity index is 766. The maximum Gasteiger partial charge on any atom is 0.253 e. The van der Waals surface area contributed by atoms with E-state index in [0.717, 1.165) is 16.6 Å². The number of aromatic nitrogens is 1. The van der Waals surface area contributed by atoms with Crippen molar-refractivity contribution in [2.24, 2.45) is 0 Å². The molecule has 2 aromatic heterocycles. The van der Waals surface area contributed by atoms with Gasteiger partial charge in [-0.15, -0.1) is 0 Å². The molecule has 0 aliphatic heterocycles. The monoisotopic (exact) mass is 281 g/mol. The van der Waals surface area contributed by atoms with Crippen molar-refractivity contribution in [1.29, 1.82) is 0 Å². The lowest BCUT2D eigenvalue weighted by atomic mass is 10.1. The average molecular weight is 281 g/mol. The highest BCUT2D eigenvalue weighted by Crippen LogP contribution is 2.24. The van der Waals surface area contributed by atoms with Crippen molar-refractivity contribution in [3.63, 3.8) is 0 Å². The van der Waals surface area contributed by atoms with Crippen LogP contribution in [0.4, 0.5) is 5.82 Å². The van der Waals surface area contributed by atoms with Crippen LogP contribution in [0.5, 0.6) is 0 Å². The Morgan fingerprint density at radius 1 is 1.19 bits per heavy atom. The van der Waals surface area contributed by atoms with Gasteiger partial charge in [0.25, 0.3) is 5.91 Å². The van der Waals surface area contributed by atoms with Gasteiger partial charge in [-0.1, -0.05) is 24.3 Å². The highest BCUT2D eigenvalue weighted by atomic mass is 16.3. The second kappa shape index (κ2) is 5.66. The SMILES string of the molecule is CNc1ncc(C(=O)NCc2ccco2)c2ccccc12. The van der Waals surface area contributed by atoms with Crippen LogP contribution in [-0.2, 0) is 6.54 Å². The second-order valence-electron chi connectivity index (χ2n) is 4.58. The average Bonchev–Trinajstić information content (AvgIpc) is 3.05. The summed E-state index contributed by atoms with van der Waals surface area (Å²) in [6.07, 6.45) is 3.17. The fourth-order valence-electron chi connectivity index (χ4n) is 2.25. The standard InChI is InChI=1S/C16H15N3O2/c1-17-15-13-7-3-2-6-12(13)14(10-18-15)16(20)19-9-11-5-4-8-21-11/h2-8,10H,9H2,1H3,(H,17,18)(H,19,20). The number of carbonyl (C=O) groups is 1. The van der Waals surface area contributed by atoms with E-state index < -0.39 is 0 Å². The van der Waals surface area contributed by atoms with E-state index >= 15 is 0 Å². The molecule has 21 heavy (non-hydrogen) atoms. The van der Waals surface area contributed by atoms with Gasteiger partial charge in [-0.3, -0.25) is 4.79 Å². The zero-order valence-electron chi connectivity index (χ0n) is 11.6. The largest absolute Gasteiger partial charge is 0.467 e. The highest BCUT2D eigenvalue weighted by Gasteiger charge is 2.13. The molecule has 0 atom stereocenters. The number of nitrogens with zero attached hydrogens (tertiary/aromatic N) is 1. The molecule has 0 radical (unpaired) electrons. The van der Waals surface area contributed by atoms with Crippen LogP contribution in [0.3, 0.4) is 0 Å². The third-order valence-electron chi connectivity index (χ3n) is 3.28. The molecule has 2 N–H and O–H groups in total. The van der Waals surface area contributed by atoms with Crippen molar-refractivity contribution in [3.05, 3.63) is 60.2 Å². The third-order valence-corrected chi connectivity index (χ3v) is 3.28. The molecule has 0 aliphatic rings. The van der Waals surface area contributed by atoms with Crippen LogP contribution in [0.1, 0.15) is 16.1 Å². The van der Waals surface area contributed by atoms with E-state index in [-0.39, 0.29) is 5.91 Å². The summed E-state index contributed by atoms with van der Waals surface area (Å²) < 4.78 is 5.20. The van der Waals surface area contributed by atoms with Crippen molar-refractivity contribution in [2.75, 3.05) is 12.4 Å². The Balaban J connectivity index is 1.91. The summed E-state index contributed by atoms with van der Waals surface area (Å²) in [5.41, 5.74) is 0.552. The summed E-state index contributed by atoms with van der Waals surface area (Å²) in [6, 6.07) is 11.3. The molecule has 0 spiro atoms. The number of hydrogen-bond acceptors (Lipinski definition) is 4. The molecule has 5 heteroatoms.